The van der Waals surface area contributed by atoms with Crippen LogP contribution in [0.3, 0.4) is 0 Å². The lowest BCUT2D eigenvalue weighted by Gasteiger charge is -2.23. The zero-order valence-electron chi connectivity index (χ0n) is 16.7. The van der Waals surface area contributed by atoms with Gasteiger partial charge in [-0.05, 0) is 37.8 Å². The first-order valence-corrected chi connectivity index (χ1v) is 11.3. The van der Waals surface area contributed by atoms with Crippen LogP contribution in [0.1, 0.15) is 47.2 Å². The fourth-order valence-corrected chi connectivity index (χ4v) is 4.69. The summed E-state index contributed by atoms with van der Waals surface area (Å²) in [5.74, 6) is 1.64. The van der Waals surface area contributed by atoms with Crippen LogP contribution < -0.4 is 15.5 Å². The van der Waals surface area contributed by atoms with Crippen LogP contribution in [0, 0.1) is 0 Å². The van der Waals surface area contributed by atoms with Gasteiger partial charge in [-0.1, -0.05) is 0 Å². The molecule has 3 N–H and O–H groups in total. The van der Waals surface area contributed by atoms with Crippen LogP contribution in [0.25, 0.3) is 5.65 Å². The highest BCUT2D eigenvalue weighted by molar-refractivity contribution is 7.09. The summed E-state index contributed by atoms with van der Waals surface area (Å²) in [6, 6.07) is 6.06. The molecular formula is C20H21N9OS. The second-order valence-corrected chi connectivity index (χ2v) is 8.77. The predicted molar refractivity (Wildman–Crippen MR) is 117 cm³/mol. The van der Waals surface area contributed by atoms with E-state index in [0.29, 0.717) is 29.5 Å². The van der Waals surface area contributed by atoms with Gasteiger partial charge in [0.05, 0.1) is 6.04 Å². The average Bonchev–Trinajstić information content (AvgIpc) is 3.31. The number of hydrogen-bond donors (Lipinski definition) is 3. The van der Waals surface area contributed by atoms with E-state index in [1.165, 1.54) is 0 Å². The van der Waals surface area contributed by atoms with E-state index in [1.807, 2.05) is 34.3 Å². The van der Waals surface area contributed by atoms with E-state index in [0.717, 1.165) is 42.9 Å². The van der Waals surface area contributed by atoms with Crippen molar-refractivity contribution in [1.82, 2.24) is 34.9 Å². The van der Waals surface area contributed by atoms with Gasteiger partial charge in [0.2, 0.25) is 11.9 Å². The fourth-order valence-electron chi connectivity index (χ4n) is 3.90. The molecule has 1 aliphatic carbocycles. The molecular weight excluding hydrogens is 414 g/mol. The van der Waals surface area contributed by atoms with E-state index in [4.69, 9.17) is 9.97 Å². The van der Waals surface area contributed by atoms with Crippen molar-refractivity contribution < 1.29 is 4.79 Å². The van der Waals surface area contributed by atoms with Gasteiger partial charge in [0.25, 0.3) is 5.91 Å². The first-order chi connectivity index (χ1) is 15.2. The number of fused-ring (bicyclic) bond motifs is 1. The maximum absolute atomic E-state index is 12.3. The zero-order chi connectivity index (χ0) is 20.8. The first-order valence-electron chi connectivity index (χ1n) is 10.4. The number of carbonyl (C=O) groups is 1. The van der Waals surface area contributed by atoms with Gasteiger partial charge in [0.1, 0.15) is 16.3 Å². The molecule has 0 radical (unpaired) electrons. The number of nitrogens with zero attached hydrogens (tertiary/aromatic N) is 6. The van der Waals surface area contributed by atoms with E-state index >= 15 is 0 Å². The van der Waals surface area contributed by atoms with E-state index in [9.17, 15) is 4.79 Å². The lowest BCUT2D eigenvalue weighted by atomic mass is 10.2. The third kappa shape index (κ3) is 3.50. The van der Waals surface area contributed by atoms with Crippen LogP contribution in [0.5, 0.6) is 0 Å². The van der Waals surface area contributed by atoms with Gasteiger partial charge in [-0.3, -0.25) is 14.3 Å². The van der Waals surface area contributed by atoms with Crippen LogP contribution in [0.15, 0.2) is 36.0 Å². The molecule has 6 rings (SSSR count). The molecule has 1 atom stereocenters. The first kappa shape index (κ1) is 18.3. The lowest BCUT2D eigenvalue weighted by Crippen LogP contribution is -2.25. The van der Waals surface area contributed by atoms with E-state index < -0.39 is 0 Å². The lowest BCUT2D eigenvalue weighted by molar-refractivity contribution is 0.0946. The zero-order valence-corrected chi connectivity index (χ0v) is 17.5. The number of anilines is 3. The average molecular weight is 436 g/mol. The highest BCUT2D eigenvalue weighted by Gasteiger charge is 2.30. The largest absolute Gasteiger partial charge is 0.348 e. The van der Waals surface area contributed by atoms with Gasteiger partial charge < -0.3 is 15.5 Å². The Bertz CT molecular complexity index is 1230. The van der Waals surface area contributed by atoms with Crippen molar-refractivity contribution in [3.05, 3.63) is 46.7 Å². The fraction of sp³-hybridized carbons (Fsp3) is 0.350. The molecule has 2 aliphatic rings. The molecule has 4 aromatic heterocycles. The number of nitrogens with one attached hydrogen (secondary N) is 3. The second-order valence-electron chi connectivity index (χ2n) is 7.84. The molecule has 11 heteroatoms. The van der Waals surface area contributed by atoms with Crippen LogP contribution >= 0.6 is 11.3 Å². The normalized spacial score (nSPS) is 18.6. The summed E-state index contributed by atoms with van der Waals surface area (Å²) < 4.78 is 1.87. The summed E-state index contributed by atoms with van der Waals surface area (Å²) >= 11 is 1.66. The number of thiazole rings is 1. The molecule has 0 aromatic carbocycles. The maximum atomic E-state index is 12.3. The van der Waals surface area contributed by atoms with Crippen LogP contribution in [0.2, 0.25) is 0 Å². The highest BCUT2D eigenvalue weighted by Crippen LogP contribution is 2.36. The number of H-pyrrole nitrogens is 1. The topological polar surface area (TPSA) is 116 Å². The van der Waals surface area contributed by atoms with Gasteiger partial charge in [-0.2, -0.15) is 15.1 Å². The molecule has 2 fully saturated rings. The number of carbonyl (C=O) groups excluding carboxylic acids is 1. The van der Waals surface area contributed by atoms with Crippen molar-refractivity contribution >= 4 is 40.6 Å². The quantitative estimate of drug-likeness (QED) is 0.426. The highest BCUT2D eigenvalue weighted by atomic mass is 32.1. The van der Waals surface area contributed by atoms with Crippen molar-refractivity contribution in [1.29, 1.82) is 0 Å². The molecule has 1 unspecified atom stereocenters. The molecule has 158 valence electrons. The molecule has 1 amide bonds. The Kier molecular flexibility index (Phi) is 4.34. The second kappa shape index (κ2) is 7.34. The van der Waals surface area contributed by atoms with Crippen molar-refractivity contribution in [3.8, 4) is 0 Å². The minimum Gasteiger partial charge on any atom is -0.348 e. The van der Waals surface area contributed by atoms with Gasteiger partial charge in [-0.15, -0.1) is 11.3 Å². The Morgan fingerprint density at radius 2 is 2.19 bits per heavy atom. The SMILES string of the molecule is O=C(NC1CC1)c1cc(Nc2nc(N3CCCC3c3nccs3)nc3cccn23)n[nH]1. The number of aromatic nitrogens is 6. The molecule has 10 nitrogen and oxygen atoms in total. The number of hydrogen-bond acceptors (Lipinski definition) is 8. The van der Waals surface area contributed by atoms with Gasteiger partial charge in [0, 0.05) is 36.4 Å². The van der Waals surface area contributed by atoms with Gasteiger partial charge in [-0.25, -0.2) is 4.98 Å². The van der Waals surface area contributed by atoms with Crippen molar-refractivity contribution in [2.45, 2.75) is 37.8 Å². The summed E-state index contributed by atoms with van der Waals surface area (Å²) in [6.07, 6.45) is 7.93. The van der Waals surface area contributed by atoms with E-state index in [-0.39, 0.29) is 11.9 Å². The summed E-state index contributed by atoms with van der Waals surface area (Å²) in [5, 5.41) is 16.3. The Labute approximate surface area is 181 Å². The van der Waals surface area contributed by atoms with Crippen LogP contribution in [0.4, 0.5) is 17.7 Å². The Morgan fingerprint density at radius 1 is 1.26 bits per heavy atom. The minimum atomic E-state index is -0.138. The summed E-state index contributed by atoms with van der Waals surface area (Å²) in [6.45, 7) is 0.883. The number of amides is 1. The molecule has 1 saturated carbocycles. The van der Waals surface area contributed by atoms with Crippen molar-refractivity contribution in [2.24, 2.45) is 0 Å². The van der Waals surface area contributed by atoms with Crippen molar-refractivity contribution in [3.63, 3.8) is 0 Å². The molecule has 5 heterocycles. The van der Waals surface area contributed by atoms with Crippen LogP contribution in [-0.4, -0.2) is 48.0 Å². The Morgan fingerprint density at radius 3 is 3.03 bits per heavy atom. The number of rotatable bonds is 6. The minimum absolute atomic E-state index is 0.138. The van der Waals surface area contributed by atoms with Gasteiger partial charge >= 0.3 is 0 Å². The molecule has 0 spiro atoms. The standard InChI is InChI=1S/C20H21N9OS/c30-17(22-12-5-6-12)13-11-15(27-26-13)23-19-25-20(24-16-4-2-9-29(16)19)28-8-1-3-14(28)18-21-7-10-31-18/h2,4,7,9-12,14H,1,3,5-6,8H2,(H,22,30)(H2,23,24,25,26,27). The molecule has 1 aliphatic heterocycles. The van der Waals surface area contributed by atoms with Gasteiger partial charge in [0.15, 0.2) is 5.82 Å². The predicted octanol–water partition coefficient (Wildman–Crippen LogP) is 2.89. The monoisotopic (exact) mass is 435 g/mol. The van der Waals surface area contributed by atoms with Crippen LogP contribution in [-0.2, 0) is 0 Å². The third-order valence-corrected chi connectivity index (χ3v) is 6.47. The summed E-state index contributed by atoms with van der Waals surface area (Å²) in [4.78, 5) is 28.6. The van der Waals surface area contributed by atoms with E-state index in [1.54, 1.807) is 17.4 Å². The number of aromatic amines is 1. The Hall–Kier alpha value is -3.47. The molecule has 31 heavy (non-hydrogen) atoms. The van der Waals surface area contributed by atoms with E-state index in [2.05, 4.69) is 30.7 Å². The third-order valence-electron chi connectivity index (χ3n) is 5.60. The van der Waals surface area contributed by atoms with Crippen molar-refractivity contribution in [2.75, 3.05) is 16.8 Å². The smallest absolute Gasteiger partial charge is 0.269 e. The summed E-state index contributed by atoms with van der Waals surface area (Å²) in [7, 11) is 0. The maximum Gasteiger partial charge on any atom is 0.269 e. The summed E-state index contributed by atoms with van der Waals surface area (Å²) in [5.41, 5.74) is 1.22. The molecule has 4 aromatic rings. The molecule has 1 saturated heterocycles. The Balaban J connectivity index is 1.30. The molecule has 0 bridgehead atoms.